The van der Waals surface area contributed by atoms with E-state index in [4.69, 9.17) is 0 Å². The first-order chi connectivity index (χ1) is 14.1. The van der Waals surface area contributed by atoms with Crippen LogP contribution in [0.25, 0.3) is 11.3 Å². The van der Waals surface area contributed by atoms with Crippen LogP contribution >= 0.6 is 0 Å². The van der Waals surface area contributed by atoms with Crippen molar-refractivity contribution in [1.29, 1.82) is 0 Å². The Hall–Kier alpha value is -3.14. The van der Waals surface area contributed by atoms with Gasteiger partial charge in [-0.2, -0.15) is 26.3 Å². The highest BCUT2D eigenvalue weighted by Crippen LogP contribution is 2.40. The van der Waals surface area contributed by atoms with Crippen molar-refractivity contribution >= 4 is 5.82 Å². The summed E-state index contributed by atoms with van der Waals surface area (Å²) in [5.74, 6) is 0.114. The summed E-state index contributed by atoms with van der Waals surface area (Å²) < 4.78 is 78.7. The molecule has 2 N–H and O–H groups in total. The van der Waals surface area contributed by atoms with E-state index in [0.717, 1.165) is 12.4 Å². The minimum Gasteiger partial charge on any atom is -0.387 e. The number of aliphatic hydroxyl groups excluding tert-OH is 1. The Morgan fingerprint density at radius 1 is 0.867 bits per heavy atom. The number of hydrogen-bond donors (Lipinski definition) is 2. The first kappa shape index (κ1) is 21.6. The summed E-state index contributed by atoms with van der Waals surface area (Å²) in [5.41, 5.74) is -2.95. The molecular weight excluding hydrogens is 412 g/mol. The van der Waals surface area contributed by atoms with E-state index in [1.165, 1.54) is 6.07 Å². The highest BCUT2D eigenvalue weighted by molar-refractivity contribution is 5.67. The van der Waals surface area contributed by atoms with Gasteiger partial charge in [0.05, 0.1) is 22.9 Å². The Morgan fingerprint density at radius 3 is 2.20 bits per heavy atom. The minimum absolute atomic E-state index is 0.0135. The maximum absolute atomic E-state index is 13.4. The van der Waals surface area contributed by atoms with Gasteiger partial charge in [-0.15, -0.1) is 0 Å². The largest absolute Gasteiger partial charge is 0.417 e. The van der Waals surface area contributed by atoms with Crippen LogP contribution in [0.5, 0.6) is 0 Å². The van der Waals surface area contributed by atoms with Gasteiger partial charge in [0.25, 0.3) is 0 Å². The molecule has 4 nitrogen and oxygen atoms in total. The molecule has 1 aromatic heterocycles. The van der Waals surface area contributed by atoms with Crippen LogP contribution in [0.1, 0.15) is 22.8 Å². The van der Waals surface area contributed by atoms with Crippen molar-refractivity contribution in [2.75, 3.05) is 11.9 Å². The lowest BCUT2D eigenvalue weighted by Gasteiger charge is -2.16. The molecule has 1 heterocycles. The molecule has 30 heavy (non-hydrogen) atoms. The molecule has 1 atom stereocenters. The molecule has 10 heteroatoms. The smallest absolute Gasteiger partial charge is 0.387 e. The SMILES string of the molecule is O[C@@H](CNc1cc(-c2ccc(C(F)(F)F)cc2C(F)(F)F)ncn1)c1ccccc1. The average Bonchev–Trinajstić information content (AvgIpc) is 2.71. The summed E-state index contributed by atoms with van der Waals surface area (Å²) in [6.07, 6.45) is -9.84. The summed E-state index contributed by atoms with van der Waals surface area (Å²) in [7, 11) is 0. The van der Waals surface area contributed by atoms with Crippen molar-refractivity contribution in [3.05, 3.63) is 77.6 Å². The van der Waals surface area contributed by atoms with Gasteiger partial charge in [0.2, 0.25) is 0 Å². The highest BCUT2D eigenvalue weighted by Gasteiger charge is 2.38. The summed E-state index contributed by atoms with van der Waals surface area (Å²) in [5, 5.41) is 12.9. The van der Waals surface area contributed by atoms with E-state index in [1.54, 1.807) is 30.3 Å². The second-order valence-electron chi connectivity index (χ2n) is 6.35. The summed E-state index contributed by atoms with van der Waals surface area (Å²) >= 11 is 0. The van der Waals surface area contributed by atoms with Crippen LogP contribution in [0.3, 0.4) is 0 Å². The molecule has 3 rings (SSSR count). The van der Waals surface area contributed by atoms with Gasteiger partial charge in [-0.1, -0.05) is 36.4 Å². The molecule has 0 aliphatic rings. The lowest BCUT2D eigenvalue weighted by Crippen LogP contribution is -2.14. The van der Waals surface area contributed by atoms with Crippen LogP contribution < -0.4 is 5.32 Å². The van der Waals surface area contributed by atoms with E-state index in [0.29, 0.717) is 11.6 Å². The molecule has 0 radical (unpaired) electrons. The number of benzene rings is 2. The number of hydrogen-bond acceptors (Lipinski definition) is 4. The zero-order valence-corrected chi connectivity index (χ0v) is 15.2. The topological polar surface area (TPSA) is 58.0 Å². The van der Waals surface area contributed by atoms with Gasteiger partial charge in [0.15, 0.2) is 0 Å². The van der Waals surface area contributed by atoms with Crippen molar-refractivity contribution in [2.45, 2.75) is 18.5 Å². The normalized spacial score (nSPS) is 13.2. The van der Waals surface area contributed by atoms with Gasteiger partial charge < -0.3 is 10.4 Å². The zero-order chi connectivity index (χ0) is 21.9. The Labute approximate surface area is 167 Å². The van der Waals surface area contributed by atoms with Crippen LogP contribution in [-0.4, -0.2) is 21.6 Å². The second-order valence-corrected chi connectivity index (χ2v) is 6.35. The number of nitrogens with zero attached hydrogens (tertiary/aromatic N) is 2. The maximum atomic E-state index is 13.4. The average molecular weight is 427 g/mol. The number of aliphatic hydroxyl groups is 1. The van der Waals surface area contributed by atoms with E-state index >= 15 is 0 Å². The second kappa shape index (κ2) is 8.31. The van der Waals surface area contributed by atoms with Gasteiger partial charge in [-0.05, 0) is 17.7 Å². The molecule has 0 amide bonds. The summed E-state index contributed by atoms with van der Waals surface area (Å²) in [6.45, 7) is 0.0135. The Bertz CT molecular complexity index is 1010. The fourth-order valence-corrected chi connectivity index (χ4v) is 2.77. The molecule has 0 saturated heterocycles. The van der Waals surface area contributed by atoms with Crippen LogP contribution in [0.4, 0.5) is 32.2 Å². The van der Waals surface area contributed by atoms with Gasteiger partial charge in [-0.25, -0.2) is 9.97 Å². The Morgan fingerprint density at radius 2 is 1.57 bits per heavy atom. The molecule has 0 saturated carbocycles. The molecule has 0 unspecified atom stereocenters. The third-order valence-corrected chi connectivity index (χ3v) is 4.26. The fourth-order valence-electron chi connectivity index (χ4n) is 2.77. The molecule has 0 spiro atoms. The molecule has 0 bridgehead atoms. The first-order valence-electron chi connectivity index (χ1n) is 8.63. The van der Waals surface area contributed by atoms with Crippen LogP contribution in [0.15, 0.2) is 60.9 Å². The highest BCUT2D eigenvalue weighted by atomic mass is 19.4. The van der Waals surface area contributed by atoms with E-state index in [1.807, 2.05) is 0 Å². The summed E-state index contributed by atoms with van der Waals surface area (Å²) in [6, 6.07) is 11.2. The third-order valence-electron chi connectivity index (χ3n) is 4.26. The van der Waals surface area contributed by atoms with Crippen LogP contribution in [0, 0.1) is 0 Å². The van der Waals surface area contributed by atoms with Gasteiger partial charge in [0, 0.05) is 18.2 Å². The minimum atomic E-state index is -5.02. The zero-order valence-electron chi connectivity index (χ0n) is 15.2. The molecule has 0 aliphatic heterocycles. The molecule has 0 fully saturated rings. The number of alkyl halides is 6. The quantitative estimate of drug-likeness (QED) is 0.541. The van der Waals surface area contributed by atoms with E-state index in [9.17, 15) is 31.4 Å². The summed E-state index contributed by atoms with van der Waals surface area (Å²) in [4.78, 5) is 7.65. The number of halogens is 6. The van der Waals surface area contributed by atoms with Crippen molar-refractivity contribution in [3.8, 4) is 11.3 Å². The van der Waals surface area contributed by atoms with E-state index in [-0.39, 0.29) is 24.1 Å². The number of aromatic nitrogens is 2. The van der Waals surface area contributed by atoms with Crippen molar-refractivity contribution < 1.29 is 31.4 Å². The predicted molar refractivity (Wildman–Crippen MR) is 97.4 cm³/mol. The van der Waals surface area contributed by atoms with E-state index in [2.05, 4.69) is 15.3 Å². The molecular formula is C20H15F6N3O. The molecule has 158 valence electrons. The third kappa shape index (κ3) is 5.07. The monoisotopic (exact) mass is 427 g/mol. The van der Waals surface area contributed by atoms with Crippen molar-refractivity contribution in [1.82, 2.24) is 9.97 Å². The standard InChI is InChI=1S/C20H15F6N3O/c21-19(22,23)13-6-7-14(15(8-13)20(24,25)26)16-9-18(29-11-28-16)27-10-17(30)12-4-2-1-3-5-12/h1-9,11,17,30H,10H2,(H,27,28,29)/t17-/m0/s1. The molecule has 3 aromatic rings. The van der Waals surface area contributed by atoms with E-state index < -0.39 is 35.1 Å². The Balaban J connectivity index is 1.88. The number of anilines is 1. The number of nitrogens with one attached hydrogen (secondary N) is 1. The van der Waals surface area contributed by atoms with Gasteiger partial charge >= 0.3 is 12.4 Å². The lowest BCUT2D eigenvalue weighted by atomic mass is 10.00. The predicted octanol–water partition coefficient (Wildman–Crippen LogP) is 5.33. The van der Waals surface area contributed by atoms with Crippen LogP contribution in [0.2, 0.25) is 0 Å². The maximum Gasteiger partial charge on any atom is 0.417 e. The number of rotatable bonds is 5. The Kier molecular flexibility index (Phi) is 5.97. The fraction of sp³-hybridized carbons (Fsp3) is 0.200. The molecule has 0 aliphatic carbocycles. The van der Waals surface area contributed by atoms with Crippen molar-refractivity contribution in [2.24, 2.45) is 0 Å². The van der Waals surface area contributed by atoms with Crippen LogP contribution in [-0.2, 0) is 12.4 Å². The molecule has 2 aromatic carbocycles. The van der Waals surface area contributed by atoms with Gasteiger partial charge in [-0.3, -0.25) is 0 Å². The first-order valence-corrected chi connectivity index (χ1v) is 8.63. The van der Waals surface area contributed by atoms with Gasteiger partial charge in [0.1, 0.15) is 12.1 Å². The van der Waals surface area contributed by atoms with Crippen molar-refractivity contribution in [3.63, 3.8) is 0 Å². The lowest BCUT2D eigenvalue weighted by molar-refractivity contribution is -0.142.